The number of ether oxygens (including phenoxy) is 3. The van der Waals surface area contributed by atoms with Gasteiger partial charge < -0.3 is 36.1 Å². The number of rotatable bonds is 11. The van der Waals surface area contributed by atoms with E-state index in [0.29, 0.717) is 11.6 Å². The van der Waals surface area contributed by atoms with Crippen LogP contribution in [0.1, 0.15) is 11.1 Å². The maximum atomic E-state index is 12.5. The van der Waals surface area contributed by atoms with E-state index < -0.39 is 35.7 Å². The average molecular weight is 523 g/mol. The lowest BCUT2D eigenvalue weighted by molar-refractivity contribution is -0.196. The first-order valence-corrected chi connectivity index (χ1v) is 12.7. The Kier molecular flexibility index (Phi) is 10.6. The van der Waals surface area contributed by atoms with Gasteiger partial charge >= 0.3 is 0 Å². The Labute approximate surface area is 214 Å². The van der Waals surface area contributed by atoms with Crippen molar-refractivity contribution in [2.45, 2.75) is 43.0 Å². The number of hydrogen-bond acceptors (Lipinski definition) is 7. The summed E-state index contributed by atoms with van der Waals surface area (Å²) in [6.45, 7) is 0.486. The second-order valence-corrected chi connectivity index (χ2v) is 9.38. The van der Waals surface area contributed by atoms with Crippen LogP contribution in [0.25, 0.3) is 0 Å². The normalized spacial score (nSPS) is 24.0. The van der Waals surface area contributed by atoms with Crippen molar-refractivity contribution in [2.75, 3.05) is 19.4 Å². The molecule has 2 aromatic rings. The second kappa shape index (κ2) is 13.7. The summed E-state index contributed by atoms with van der Waals surface area (Å²) in [6, 6.07) is 16.3. The number of aliphatic hydroxyl groups excluding tert-OH is 1. The van der Waals surface area contributed by atoms with Gasteiger partial charge in [-0.25, -0.2) is 4.99 Å². The van der Waals surface area contributed by atoms with Gasteiger partial charge in [0.25, 0.3) is 0 Å². The molecule has 11 heteroatoms. The van der Waals surface area contributed by atoms with Gasteiger partial charge in [-0.1, -0.05) is 54.1 Å². The number of amides is 1. The van der Waals surface area contributed by atoms with Crippen LogP contribution in [0, 0.1) is 0 Å². The number of hydrogen-bond donors (Lipinski definition) is 4. The SMILES string of the molecule is CSC1O[C@H](COCc2ccc(Cl)cc2)[C@@H](O)[C@H](OCc2ccccc2)[C@H]1NC(=O)CN=C(N)N. The molecule has 0 spiro atoms. The monoisotopic (exact) mass is 522 g/mol. The number of thioether (sulfide) groups is 1. The van der Waals surface area contributed by atoms with Gasteiger partial charge in [0, 0.05) is 5.02 Å². The Balaban J connectivity index is 1.70. The van der Waals surface area contributed by atoms with Gasteiger partial charge in [-0.2, -0.15) is 0 Å². The third-order valence-electron chi connectivity index (χ3n) is 5.39. The van der Waals surface area contributed by atoms with Crippen LogP contribution in [-0.2, 0) is 32.2 Å². The van der Waals surface area contributed by atoms with Gasteiger partial charge in [-0.05, 0) is 29.5 Å². The molecule has 0 bridgehead atoms. The van der Waals surface area contributed by atoms with Crippen LogP contribution in [0.2, 0.25) is 5.02 Å². The molecule has 5 atom stereocenters. The highest BCUT2D eigenvalue weighted by Gasteiger charge is 2.46. The van der Waals surface area contributed by atoms with Gasteiger partial charge in [-0.3, -0.25) is 4.79 Å². The lowest BCUT2D eigenvalue weighted by atomic mass is 9.97. The van der Waals surface area contributed by atoms with Crippen LogP contribution < -0.4 is 16.8 Å². The largest absolute Gasteiger partial charge is 0.388 e. The lowest BCUT2D eigenvalue weighted by Gasteiger charge is -2.44. The van der Waals surface area contributed by atoms with Crippen molar-refractivity contribution in [1.29, 1.82) is 0 Å². The van der Waals surface area contributed by atoms with Gasteiger partial charge in [0.05, 0.1) is 25.9 Å². The minimum absolute atomic E-state index is 0.140. The highest BCUT2D eigenvalue weighted by molar-refractivity contribution is 7.99. The first-order chi connectivity index (χ1) is 16.9. The number of benzene rings is 2. The van der Waals surface area contributed by atoms with E-state index in [0.717, 1.165) is 11.1 Å². The molecular formula is C24H31ClN4O5S. The van der Waals surface area contributed by atoms with E-state index in [-0.39, 0.29) is 25.7 Å². The summed E-state index contributed by atoms with van der Waals surface area (Å²) in [5.74, 6) is -0.597. The van der Waals surface area contributed by atoms with Crippen molar-refractivity contribution in [3.63, 3.8) is 0 Å². The summed E-state index contributed by atoms with van der Waals surface area (Å²) < 4.78 is 18.1. The third-order valence-corrected chi connectivity index (χ3v) is 6.51. The molecule has 1 aliphatic heterocycles. The van der Waals surface area contributed by atoms with E-state index in [1.807, 2.05) is 48.7 Å². The average Bonchev–Trinajstić information content (AvgIpc) is 2.85. The molecular weight excluding hydrogens is 492 g/mol. The molecule has 1 aliphatic rings. The van der Waals surface area contributed by atoms with Crippen LogP contribution in [0.3, 0.4) is 0 Å². The molecule has 35 heavy (non-hydrogen) atoms. The number of aliphatic hydroxyl groups is 1. The minimum atomic E-state index is -1.05. The van der Waals surface area contributed by atoms with Crippen LogP contribution in [0.5, 0.6) is 0 Å². The zero-order valence-corrected chi connectivity index (χ0v) is 21.0. The van der Waals surface area contributed by atoms with Crippen molar-refractivity contribution in [2.24, 2.45) is 16.5 Å². The number of aliphatic imine (C=N–C) groups is 1. The lowest BCUT2D eigenvalue weighted by Crippen LogP contribution is -2.64. The van der Waals surface area contributed by atoms with E-state index in [4.69, 9.17) is 37.3 Å². The molecule has 1 fully saturated rings. The Bertz CT molecular complexity index is 962. The fourth-order valence-corrected chi connectivity index (χ4v) is 4.54. The van der Waals surface area contributed by atoms with Crippen LogP contribution in [0.15, 0.2) is 59.6 Å². The van der Waals surface area contributed by atoms with Gasteiger partial charge in [0.2, 0.25) is 5.91 Å². The van der Waals surface area contributed by atoms with Gasteiger partial charge in [0.15, 0.2) is 5.96 Å². The number of carbonyl (C=O) groups excluding carboxylic acids is 1. The fourth-order valence-electron chi connectivity index (χ4n) is 3.64. The predicted octanol–water partition coefficient (Wildman–Crippen LogP) is 1.65. The van der Waals surface area contributed by atoms with Gasteiger partial charge in [-0.15, -0.1) is 11.8 Å². The molecule has 190 valence electrons. The van der Waals surface area contributed by atoms with E-state index in [9.17, 15) is 9.90 Å². The van der Waals surface area contributed by atoms with Crippen LogP contribution in [0.4, 0.5) is 0 Å². The molecule has 3 rings (SSSR count). The summed E-state index contributed by atoms with van der Waals surface area (Å²) in [6.07, 6.45) is -0.613. The molecule has 1 amide bonds. The molecule has 0 aliphatic carbocycles. The van der Waals surface area contributed by atoms with Crippen molar-refractivity contribution in [3.05, 3.63) is 70.7 Å². The molecule has 0 saturated carbocycles. The quantitative estimate of drug-likeness (QED) is 0.258. The summed E-state index contributed by atoms with van der Waals surface area (Å²) in [4.78, 5) is 16.2. The van der Waals surface area contributed by atoms with E-state index in [1.165, 1.54) is 11.8 Å². The molecule has 1 unspecified atom stereocenters. The smallest absolute Gasteiger partial charge is 0.242 e. The maximum Gasteiger partial charge on any atom is 0.242 e. The predicted molar refractivity (Wildman–Crippen MR) is 137 cm³/mol. The number of halogens is 1. The zero-order valence-electron chi connectivity index (χ0n) is 19.4. The van der Waals surface area contributed by atoms with Crippen LogP contribution >= 0.6 is 23.4 Å². The summed E-state index contributed by atoms with van der Waals surface area (Å²) >= 11 is 7.33. The Morgan fingerprint density at radius 2 is 1.83 bits per heavy atom. The van der Waals surface area contributed by atoms with Crippen molar-refractivity contribution >= 4 is 35.2 Å². The van der Waals surface area contributed by atoms with E-state index in [1.54, 1.807) is 12.1 Å². The number of nitrogens with zero attached hydrogens (tertiary/aromatic N) is 1. The highest BCUT2D eigenvalue weighted by Crippen LogP contribution is 2.30. The first-order valence-electron chi connectivity index (χ1n) is 11.1. The molecule has 0 aromatic heterocycles. The summed E-state index contributed by atoms with van der Waals surface area (Å²) in [7, 11) is 0. The Hall–Kier alpha value is -2.34. The number of carbonyl (C=O) groups is 1. The molecule has 1 saturated heterocycles. The minimum Gasteiger partial charge on any atom is -0.388 e. The summed E-state index contributed by atoms with van der Waals surface area (Å²) in [5, 5.41) is 14.7. The number of nitrogens with one attached hydrogen (secondary N) is 1. The molecule has 2 aromatic carbocycles. The van der Waals surface area contributed by atoms with Gasteiger partial charge in [0.1, 0.15) is 30.3 Å². The standard InChI is InChI=1S/C24H31ClN4O5S/c1-35-23-20(29-19(30)11-28-24(26)27)22(33-13-15-5-3-2-4-6-15)21(31)18(34-23)14-32-12-16-7-9-17(25)10-8-16/h2-10,18,20-23,31H,11-14H2,1H3,(H,29,30)(H4,26,27,28)/t18-,20-,21-,22-,23?/m1/s1. The molecule has 9 nitrogen and oxygen atoms in total. The van der Waals surface area contributed by atoms with E-state index >= 15 is 0 Å². The number of guanidine groups is 1. The third kappa shape index (κ3) is 8.38. The van der Waals surface area contributed by atoms with Crippen molar-refractivity contribution < 1.29 is 24.1 Å². The molecule has 1 heterocycles. The molecule has 6 N–H and O–H groups in total. The topological polar surface area (TPSA) is 141 Å². The molecule has 0 radical (unpaired) electrons. The van der Waals surface area contributed by atoms with Crippen molar-refractivity contribution in [1.82, 2.24) is 5.32 Å². The number of nitrogens with two attached hydrogens (primary N) is 2. The van der Waals surface area contributed by atoms with Crippen LogP contribution in [-0.4, -0.2) is 66.2 Å². The summed E-state index contributed by atoms with van der Waals surface area (Å²) in [5.41, 5.74) is 12.1. The first kappa shape index (κ1) is 27.3. The van der Waals surface area contributed by atoms with Crippen molar-refractivity contribution in [3.8, 4) is 0 Å². The fraction of sp³-hybridized carbons (Fsp3) is 0.417. The Morgan fingerprint density at radius 3 is 2.49 bits per heavy atom. The highest BCUT2D eigenvalue weighted by atomic mass is 35.5. The maximum absolute atomic E-state index is 12.5. The zero-order chi connectivity index (χ0) is 25.2. The second-order valence-electron chi connectivity index (χ2n) is 8.01. The Morgan fingerprint density at radius 1 is 1.14 bits per heavy atom. The van der Waals surface area contributed by atoms with E-state index in [2.05, 4.69) is 10.3 Å².